The van der Waals surface area contributed by atoms with E-state index in [1.807, 2.05) is 36.4 Å². The third-order valence-corrected chi connectivity index (χ3v) is 7.52. The first-order valence-corrected chi connectivity index (χ1v) is 11.6. The zero-order valence-electron chi connectivity index (χ0n) is 16.4. The number of thiazole rings is 2. The van der Waals surface area contributed by atoms with Gasteiger partial charge in [0.05, 0.1) is 32.5 Å². The highest BCUT2D eigenvalue weighted by molar-refractivity contribution is 7.19. The maximum Gasteiger partial charge on any atom is 0.111 e. The fraction of sp³-hybridized carbons (Fsp3) is 0.167. The van der Waals surface area contributed by atoms with E-state index in [1.165, 1.54) is 10.3 Å². The van der Waals surface area contributed by atoms with Gasteiger partial charge in [-0.3, -0.25) is 0 Å². The second kappa shape index (κ2) is 8.24. The van der Waals surface area contributed by atoms with Crippen LogP contribution in [0.2, 0.25) is 0 Å². The number of hydrogen-bond donors (Lipinski definition) is 2. The van der Waals surface area contributed by atoms with Gasteiger partial charge in [0.25, 0.3) is 0 Å². The summed E-state index contributed by atoms with van der Waals surface area (Å²) in [5.74, 6) is 0. The topological polar surface area (TPSA) is 77.8 Å². The number of nitrogens with zero attached hydrogens (tertiary/aromatic N) is 2. The summed E-state index contributed by atoms with van der Waals surface area (Å²) in [6.07, 6.45) is 1.48. The molecule has 5 rings (SSSR count). The average Bonchev–Trinajstić information content (AvgIpc) is 3.39. The Kier molecular flexibility index (Phi) is 5.31. The van der Waals surface area contributed by atoms with Crippen molar-refractivity contribution in [3.05, 3.63) is 93.9 Å². The molecule has 2 aromatic heterocycles. The van der Waals surface area contributed by atoms with Crippen LogP contribution in [0.25, 0.3) is 20.4 Å². The van der Waals surface area contributed by atoms with Crippen LogP contribution < -0.4 is 11.5 Å². The van der Waals surface area contributed by atoms with Gasteiger partial charge >= 0.3 is 0 Å². The van der Waals surface area contributed by atoms with Gasteiger partial charge in [0.1, 0.15) is 10.0 Å². The largest absolute Gasteiger partial charge is 0.322 e. The summed E-state index contributed by atoms with van der Waals surface area (Å²) in [7, 11) is 0. The number of fused-ring (bicyclic) bond motifs is 2. The van der Waals surface area contributed by atoms with Crippen molar-refractivity contribution in [2.45, 2.75) is 24.9 Å². The molecule has 0 saturated carbocycles. The van der Waals surface area contributed by atoms with E-state index in [9.17, 15) is 0 Å². The minimum atomic E-state index is -0.156. The lowest BCUT2D eigenvalue weighted by atomic mass is 10.1. The summed E-state index contributed by atoms with van der Waals surface area (Å²) in [6.45, 7) is 0. The third kappa shape index (κ3) is 3.87. The number of hydrogen-bond acceptors (Lipinski definition) is 6. The molecule has 2 unspecified atom stereocenters. The number of para-hydroxylation sites is 2. The van der Waals surface area contributed by atoms with Crippen molar-refractivity contribution in [3.63, 3.8) is 0 Å². The Morgan fingerprint density at radius 3 is 2.17 bits per heavy atom. The third-order valence-electron chi connectivity index (χ3n) is 5.20. The van der Waals surface area contributed by atoms with Crippen molar-refractivity contribution in [2.24, 2.45) is 11.5 Å². The van der Waals surface area contributed by atoms with Crippen LogP contribution in [0.3, 0.4) is 0 Å². The smallest absolute Gasteiger partial charge is 0.111 e. The van der Waals surface area contributed by atoms with Gasteiger partial charge < -0.3 is 11.5 Å². The average molecular weight is 431 g/mol. The van der Waals surface area contributed by atoms with Crippen LogP contribution >= 0.6 is 22.7 Å². The minimum Gasteiger partial charge on any atom is -0.322 e. The first kappa shape index (κ1) is 19.3. The van der Waals surface area contributed by atoms with Gasteiger partial charge in [0, 0.05) is 0 Å². The van der Waals surface area contributed by atoms with E-state index in [0.29, 0.717) is 6.42 Å². The molecule has 6 heteroatoms. The maximum atomic E-state index is 6.55. The highest BCUT2D eigenvalue weighted by Crippen LogP contribution is 2.32. The number of rotatable bonds is 6. The lowest BCUT2D eigenvalue weighted by Gasteiger charge is -2.09. The van der Waals surface area contributed by atoms with Crippen LogP contribution in [0.1, 0.15) is 33.2 Å². The molecule has 0 fully saturated rings. The second-order valence-corrected chi connectivity index (χ2v) is 9.57. The van der Waals surface area contributed by atoms with Crippen molar-refractivity contribution in [3.8, 4) is 0 Å². The molecule has 0 radical (unpaired) electrons. The van der Waals surface area contributed by atoms with Crippen LogP contribution in [0.4, 0.5) is 0 Å². The molecule has 0 saturated heterocycles. The van der Waals surface area contributed by atoms with E-state index in [-0.39, 0.29) is 12.1 Å². The van der Waals surface area contributed by atoms with Gasteiger partial charge in [0.15, 0.2) is 0 Å². The summed E-state index contributed by atoms with van der Waals surface area (Å²) < 4.78 is 2.33. The van der Waals surface area contributed by atoms with Gasteiger partial charge in [-0.25, -0.2) is 9.97 Å². The quantitative estimate of drug-likeness (QED) is 0.378. The molecule has 5 aromatic rings. The zero-order valence-corrected chi connectivity index (χ0v) is 18.0. The van der Waals surface area contributed by atoms with E-state index in [1.54, 1.807) is 22.7 Å². The van der Waals surface area contributed by atoms with E-state index in [0.717, 1.165) is 37.7 Å². The first-order valence-electron chi connectivity index (χ1n) is 9.96. The Hall–Kier alpha value is -2.64. The molecule has 30 heavy (non-hydrogen) atoms. The molecule has 4 N–H and O–H groups in total. The second-order valence-electron chi connectivity index (χ2n) is 7.44. The van der Waals surface area contributed by atoms with Crippen LogP contribution in [-0.2, 0) is 12.8 Å². The SMILES string of the molecule is NC(Cc1cccc2sc(C(N)Cc3ccccc3)nc12)c1nc2ccccc2s1. The molecule has 150 valence electrons. The lowest BCUT2D eigenvalue weighted by molar-refractivity contribution is 0.711. The van der Waals surface area contributed by atoms with Crippen molar-refractivity contribution < 1.29 is 0 Å². The van der Waals surface area contributed by atoms with Crippen molar-refractivity contribution in [1.82, 2.24) is 9.97 Å². The van der Waals surface area contributed by atoms with Crippen molar-refractivity contribution in [2.75, 3.05) is 0 Å². The van der Waals surface area contributed by atoms with Gasteiger partial charge in [-0.2, -0.15) is 0 Å². The summed E-state index contributed by atoms with van der Waals surface area (Å²) in [5, 5.41) is 1.93. The Morgan fingerprint density at radius 1 is 0.667 bits per heavy atom. The van der Waals surface area contributed by atoms with Crippen LogP contribution in [0, 0.1) is 0 Å². The summed E-state index contributed by atoms with van der Waals surface area (Å²) >= 11 is 3.34. The van der Waals surface area contributed by atoms with Crippen LogP contribution in [0.15, 0.2) is 72.8 Å². The Labute approximate surface area is 183 Å². The Morgan fingerprint density at radius 2 is 1.33 bits per heavy atom. The van der Waals surface area contributed by atoms with Gasteiger partial charge in [-0.1, -0.05) is 54.6 Å². The molecule has 3 aromatic carbocycles. The molecule has 4 nitrogen and oxygen atoms in total. The predicted octanol–water partition coefficient (Wildman–Crippen LogP) is 5.39. The fourth-order valence-corrected chi connectivity index (χ4v) is 5.66. The van der Waals surface area contributed by atoms with Crippen LogP contribution in [0.5, 0.6) is 0 Å². The molecular weight excluding hydrogens is 408 g/mol. The summed E-state index contributed by atoms with van der Waals surface area (Å²) in [5.41, 5.74) is 17.4. The van der Waals surface area contributed by atoms with Crippen LogP contribution in [-0.4, -0.2) is 9.97 Å². The molecule has 0 bridgehead atoms. The van der Waals surface area contributed by atoms with E-state index in [4.69, 9.17) is 21.4 Å². The normalized spacial score (nSPS) is 13.7. The van der Waals surface area contributed by atoms with Gasteiger partial charge in [-0.05, 0) is 42.2 Å². The lowest BCUT2D eigenvalue weighted by Crippen LogP contribution is -2.14. The minimum absolute atomic E-state index is 0.115. The highest BCUT2D eigenvalue weighted by Gasteiger charge is 2.18. The molecule has 0 aliphatic carbocycles. The van der Waals surface area contributed by atoms with E-state index >= 15 is 0 Å². The zero-order chi connectivity index (χ0) is 20.5. The standard InChI is InChI=1S/C24H22N4S2/c25-17(13-15-7-2-1-3-8-15)24-28-22-16(9-6-12-21(22)30-24)14-18(26)23-27-19-10-4-5-11-20(19)29-23/h1-12,17-18H,13-14,25-26H2. The molecule has 2 atom stereocenters. The number of aromatic nitrogens is 2. The Balaban J connectivity index is 1.40. The van der Waals surface area contributed by atoms with Crippen molar-refractivity contribution >= 4 is 43.1 Å². The van der Waals surface area contributed by atoms with Gasteiger partial charge in [0.2, 0.25) is 0 Å². The highest BCUT2D eigenvalue weighted by atomic mass is 32.1. The predicted molar refractivity (Wildman–Crippen MR) is 127 cm³/mol. The molecule has 2 heterocycles. The number of nitrogens with two attached hydrogens (primary N) is 2. The first-order chi connectivity index (χ1) is 14.7. The molecule has 0 aliphatic heterocycles. The van der Waals surface area contributed by atoms with Crippen molar-refractivity contribution in [1.29, 1.82) is 0 Å². The van der Waals surface area contributed by atoms with E-state index in [2.05, 4.69) is 36.4 Å². The molecule has 0 amide bonds. The molecule has 0 aliphatic rings. The summed E-state index contributed by atoms with van der Waals surface area (Å²) in [4.78, 5) is 9.64. The van der Waals surface area contributed by atoms with E-state index < -0.39 is 0 Å². The molecule has 0 spiro atoms. The Bertz CT molecular complexity index is 1260. The fourth-order valence-electron chi connectivity index (χ4n) is 3.67. The van der Waals surface area contributed by atoms with Gasteiger partial charge in [-0.15, -0.1) is 22.7 Å². The monoisotopic (exact) mass is 430 g/mol. The maximum absolute atomic E-state index is 6.55. The molecular formula is C24H22N4S2. The summed E-state index contributed by atoms with van der Waals surface area (Å²) in [6, 6.07) is 24.5. The number of benzene rings is 3.